The maximum Gasteiger partial charge on any atom is 0.435 e. The maximum atomic E-state index is 13.8. The van der Waals surface area contributed by atoms with Gasteiger partial charge in [0.15, 0.2) is 24.9 Å². The zero-order chi connectivity index (χ0) is 21.2. The monoisotopic (exact) mass is 445 g/mol. The second kappa shape index (κ2) is 7.87. The van der Waals surface area contributed by atoms with E-state index in [-0.39, 0.29) is 22.6 Å². The Balaban J connectivity index is 1.97. The van der Waals surface area contributed by atoms with Gasteiger partial charge in [0.05, 0.1) is 5.75 Å². The maximum absolute atomic E-state index is 13.8. The molecular formula is C17H11F4N3O3S2. The largest absolute Gasteiger partial charge is 0.435 e. The Bertz CT molecular complexity index is 1150. The van der Waals surface area contributed by atoms with Crippen molar-refractivity contribution in [3.63, 3.8) is 0 Å². The van der Waals surface area contributed by atoms with E-state index in [1.807, 2.05) is 0 Å². The van der Waals surface area contributed by atoms with Crippen LogP contribution in [0.1, 0.15) is 21.7 Å². The van der Waals surface area contributed by atoms with Crippen LogP contribution in [0.5, 0.6) is 0 Å². The highest BCUT2D eigenvalue weighted by Gasteiger charge is 2.42. The predicted octanol–water partition coefficient (Wildman–Crippen LogP) is 3.92. The van der Waals surface area contributed by atoms with Gasteiger partial charge in [-0.15, -0.1) is 0 Å². The molecule has 2 heterocycles. The van der Waals surface area contributed by atoms with Gasteiger partial charge in [0.1, 0.15) is 11.5 Å². The van der Waals surface area contributed by atoms with E-state index < -0.39 is 48.5 Å². The van der Waals surface area contributed by atoms with Gasteiger partial charge in [-0.2, -0.15) is 13.2 Å². The minimum atomic E-state index is -5.10. The van der Waals surface area contributed by atoms with Crippen LogP contribution in [-0.4, -0.2) is 24.3 Å². The summed E-state index contributed by atoms with van der Waals surface area (Å²) >= 11 is 0.140. The smallest absolute Gasteiger partial charge is 0.296 e. The summed E-state index contributed by atoms with van der Waals surface area (Å²) in [5.74, 6) is -2.71. The van der Waals surface area contributed by atoms with Crippen molar-refractivity contribution in [2.24, 2.45) is 0 Å². The number of nitrogens with one attached hydrogen (secondary N) is 1. The van der Waals surface area contributed by atoms with E-state index in [4.69, 9.17) is 0 Å². The first-order valence-electron chi connectivity index (χ1n) is 7.84. The van der Waals surface area contributed by atoms with E-state index in [1.165, 1.54) is 36.5 Å². The van der Waals surface area contributed by atoms with Gasteiger partial charge < -0.3 is 0 Å². The molecule has 6 nitrogen and oxygen atoms in total. The summed E-state index contributed by atoms with van der Waals surface area (Å²) in [5.41, 5.74) is -2.05. The number of halogens is 4. The fraction of sp³-hybridized carbons (Fsp3) is 0.118. The average Bonchev–Trinajstić information content (AvgIpc) is 3.09. The van der Waals surface area contributed by atoms with Crippen LogP contribution in [-0.2, 0) is 21.8 Å². The van der Waals surface area contributed by atoms with Crippen molar-refractivity contribution in [3.8, 4) is 0 Å². The van der Waals surface area contributed by atoms with Gasteiger partial charge in [0.2, 0.25) is 0 Å². The van der Waals surface area contributed by atoms with E-state index >= 15 is 0 Å². The molecule has 0 saturated carbocycles. The average molecular weight is 445 g/mol. The summed E-state index contributed by atoms with van der Waals surface area (Å²) in [7, 11) is -4.60. The van der Waals surface area contributed by atoms with E-state index in [2.05, 4.69) is 15.3 Å². The summed E-state index contributed by atoms with van der Waals surface area (Å²) in [6, 6.07) is 9.20. The van der Waals surface area contributed by atoms with Crippen molar-refractivity contribution < 1.29 is 30.8 Å². The molecule has 152 valence electrons. The lowest BCUT2D eigenvalue weighted by Gasteiger charge is -2.07. The topological polar surface area (TPSA) is 89.0 Å². The first-order valence-corrected chi connectivity index (χ1v) is 10.3. The molecule has 0 spiro atoms. The highest BCUT2D eigenvalue weighted by Crippen LogP contribution is 2.40. The summed E-state index contributed by atoms with van der Waals surface area (Å²) in [6.07, 6.45) is -3.79. The number of hydrogen-bond acceptors (Lipinski definition) is 6. The molecule has 0 aliphatic carbocycles. The number of nitrogens with zero attached hydrogens (tertiary/aromatic N) is 2. The molecular weight excluding hydrogens is 434 g/mol. The molecule has 12 heteroatoms. The van der Waals surface area contributed by atoms with Gasteiger partial charge >= 0.3 is 6.18 Å². The van der Waals surface area contributed by atoms with E-state index in [0.717, 1.165) is 12.1 Å². The Kier molecular flexibility index (Phi) is 5.66. The Morgan fingerprint density at radius 3 is 2.41 bits per heavy atom. The third-order valence-corrected chi connectivity index (χ3v) is 6.79. The third kappa shape index (κ3) is 4.77. The van der Waals surface area contributed by atoms with Gasteiger partial charge in [-0.3, -0.25) is 15.1 Å². The normalized spacial score (nSPS) is 12.0. The number of benzene rings is 1. The zero-order valence-corrected chi connectivity index (χ0v) is 15.9. The first kappa shape index (κ1) is 20.9. The molecule has 0 unspecified atom stereocenters. The third-order valence-electron chi connectivity index (χ3n) is 3.57. The fourth-order valence-electron chi connectivity index (χ4n) is 2.29. The molecule has 3 rings (SSSR count). The minimum absolute atomic E-state index is 0.0907. The highest BCUT2D eigenvalue weighted by molar-refractivity contribution is 7.92. The van der Waals surface area contributed by atoms with E-state index in [0.29, 0.717) is 0 Å². The van der Waals surface area contributed by atoms with Crippen molar-refractivity contribution in [3.05, 3.63) is 71.4 Å². The van der Waals surface area contributed by atoms with Gasteiger partial charge in [-0.25, -0.2) is 17.8 Å². The van der Waals surface area contributed by atoms with Crippen LogP contribution in [0, 0.1) is 5.82 Å². The highest BCUT2D eigenvalue weighted by atomic mass is 32.2. The van der Waals surface area contributed by atoms with Crippen LogP contribution < -0.4 is 5.32 Å². The molecule has 29 heavy (non-hydrogen) atoms. The first-order chi connectivity index (χ1) is 13.6. The lowest BCUT2D eigenvalue weighted by molar-refractivity contribution is -0.142. The fourth-order valence-corrected chi connectivity index (χ4v) is 5.16. The number of anilines is 1. The molecule has 0 fully saturated rings. The van der Waals surface area contributed by atoms with E-state index in [9.17, 15) is 30.8 Å². The number of thiazole rings is 1. The summed E-state index contributed by atoms with van der Waals surface area (Å²) in [6.45, 7) is 0. The van der Waals surface area contributed by atoms with E-state index in [1.54, 1.807) is 0 Å². The summed E-state index contributed by atoms with van der Waals surface area (Å²) < 4.78 is 77.9. The number of rotatable bonds is 5. The van der Waals surface area contributed by atoms with Crippen molar-refractivity contribution in [2.75, 3.05) is 5.32 Å². The number of amides is 1. The zero-order valence-electron chi connectivity index (χ0n) is 14.3. The summed E-state index contributed by atoms with van der Waals surface area (Å²) in [5, 5.41) is 1.54. The van der Waals surface area contributed by atoms with Gasteiger partial charge in [0.25, 0.3) is 5.91 Å². The molecule has 0 atom stereocenters. The molecule has 1 amide bonds. The van der Waals surface area contributed by atoms with Crippen LogP contribution in [0.4, 0.5) is 22.7 Å². The Morgan fingerprint density at radius 2 is 1.79 bits per heavy atom. The summed E-state index contributed by atoms with van der Waals surface area (Å²) in [4.78, 5) is 19.1. The van der Waals surface area contributed by atoms with Crippen molar-refractivity contribution >= 4 is 32.2 Å². The number of carbonyl (C=O) groups is 1. The quantitative estimate of drug-likeness (QED) is 0.602. The van der Waals surface area contributed by atoms with Crippen molar-refractivity contribution in [2.45, 2.75) is 16.1 Å². The Morgan fingerprint density at radius 1 is 1.10 bits per heavy atom. The van der Waals surface area contributed by atoms with Crippen molar-refractivity contribution in [1.29, 1.82) is 0 Å². The molecule has 1 aromatic carbocycles. The van der Waals surface area contributed by atoms with Crippen LogP contribution in [0.15, 0.2) is 52.9 Å². The lowest BCUT2D eigenvalue weighted by atomic mass is 10.2. The van der Waals surface area contributed by atoms with Gasteiger partial charge in [-0.05, 0) is 18.2 Å². The second-order valence-electron chi connectivity index (χ2n) is 5.67. The Hall–Kier alpha value is -2.86. The second-order valence-corrected chi connectivity index (χ2v) is 8.86. The van der Waals surface area contributed by atoms with Crippen LogP contribution in [0.2, 0.25) is 0 Å². The molecule has 2 aromatic heterocycles. The predicted molar refractivity (Wildman–Crippen MR) is 96.6 cm³/mol. The molecule has 0 aliphatic heterocycles. The van der Waals surface area contributed by atoms with Crippen LogP contribution in [0.3, 0.4) is 0 Å². The van der Waals surface area contributed by atoms with Gasteiger partial charge in [-0.1, -0.05) is 35.6 Å². The SMILES string of the molecule is O=C(Nc1nc(C(F)(F)F)c(S(=O)(=O)Cc2ccccc2F)s1)c1ccccn1. The number of sulfone groups is 1. The lowest BCUT2D eigenvalue weighted by Crippen LogP contribution is -2.15. The number of hydrogen-bond donors (Lipinski definition) is 1. The molecule has 0 bridgehead atoms. The Labute approximate surface area is 166 Å². The minimum Gasteiger partial charge on any atom is -0.296 e. The number of alkyl halides is 3. The number of pyridine rings is 1. The molecule has 3 aromatic rings. The number of aromatic nitrogens is 2. The molecule has 0 aliphatic rings. The standard InChI is InChI=1S/C17H11F4N3O3S2/c18-11-6-2-1-5-10(11)9-29(26,27)15-13(17(19,20)21)23-16(28-15)24-14(25)12-7-3-4-8-22-12/h1-8H,9H2,(H,23,24,25). The van der Waals surface area contributed by atoms with Crippen molar-refractivity contribution in [1.82, 2.24) is 9.97 Å². The van der Waals surface area contributed by atoms with Gasteiger partial charge in [0, 0.05) is 11.8 Å². The molecule has 0 radical (unpaired) electrons. The number of carbonyl (C=O) groups excluding carboxylic acids is 1. The van der Waals surface area contributed by atoms with Crippen LogP contribution in [0.25, 0.3) is 0 Å². The molecule has 1 N–H and O–H groups in total. The van der Waals surface area contributed by atoms with Crippen LogP contribution >= 0.6 is 11.3 Å². The molecule has 0 saturated heterocycles.